The van der Waals surface area contributed by atoms with Gasteiger partial charge in [-0.3, -0.25) is 4.79 Å². The first kappa shape index (κ1) is 15.1. The lowest BCUT2D eigenvalue weighted by Gasteiger charge is -2.30. The van der Waals surface area contributed by atoms with Crippen LogP contribution in [0.5, 0.6) is 0 Å². The van der Waals surface area contributed by atoms with E-state index in [1.165, 1.54) is 0 Å². The minimum atomic E-state index is -0.751. The summed E-state index contributed by atoms with van der Waals surface area (Å²) in [5.74, 6) is 0.256. The van der Waals surface area contributed by atoms with Crippen molar-refractivity contribution in [2.24, 2.45) is 0 Å². The van der Waals surface area contributed by atoms with E-state index in [-0.39, 0.29) is 12.5 Å². The highest BCUT2D eigenvalue weighted by Gasteiger charge is 2.20. The number of carbonyl (C=O) groups is 2. The Balaban J connectivity index is 2.04. The predicted octanol–water partition coefficient (Wildman–Crippen LogP) is 1.78. The Bertz CT molecular complexity index is 286. The summed E-state index contributed by atoms with van der Waals surface area (Å²) in [7, 11) is 0. The third-order valence-corrected chi connectivity index (χ3v) is 4.01. The van der Waals surface area contributed by atoms with Crippen LogP contribution in [0.15, 0.2) is 0 Å². The molecule has 0 aliphatic carbocycles. The summed E-state index contributed by atoms with van der Waals surface area (Å²) in [4.78, 5) is 24.0. The molecule has 0 spiro atoms. The lowest BCUT2D eigenvalue weighted by molar-refractivity contribution is -0.137. The average Bonchev–Trinajstić information content (AvgIpc) is 2.33. The molecule has 1 saturated heterocycles. The SMILES string of the molecule is CC1CN(C(=O)NCCCCCC(=O)O)CCS1. The number of aliphatic carboxylic acids is 1. The molecule has 18 heavy (non-hydrogen) atoms. The smallest absolute Gasteiger partial charge is 0.317 e. The van der Waals surface area contributed by atoms with Gasteiger partial charge < -0.3 is 15.3 Å². The maximum atomic E-state index is 11.8. The fourth-order valence-corrected chi connectivity index (χ4v) is 2.90. The summed E-state index contributed by atoms with van der Waals surface area (Å²) in [5, 5.41) is 11.9. The second-order valence-electron chi connectivity index (χ2n) is 4.56. The summed E-state index contributed by atoms with van der Waals surface area (Å²) in [5.41, 5.74) is 0. The normalized spacial score (nSPS) is 19.6. The topological polar surface area (TPSA) is 69.6 Å². The molecule has 104 valence electrons. The van der Waals surface area contributed by atoms with Crippen LogP contribution in [0, 0.1) is 0 Å². The van der Waals surface area contributed by atoms with Gasteiger partial charge in [-0.2, -0.15) is 11.8 Å². The van der Waals surface area contributed by atoms with Crippen LogP contribution in [0.4, 0.5) is 4.79 Å². The van der Waals surface area contributed by atoms with Gasteiger partial charge in [0.1, 0.15) is 0 Å². The number of unbranched alkanes of at least 4 members (excludes halogenated alkanes) is 2. The molecule has 0 aromatic heterocycles. The summed E-state index contributed by atoms with van der Waals surface area (Å²) in [6, 6.07) is 0.0142. The van der Waals surface area contributed by atoms with Crippen molar-refractivity contribution < 1.29 is 14.7 Å². The van der Waals surface area contributed by atoms with E-state index in [4.69, 9.17) is 5.11 Å². The van der Waals surface area contributed by atoms with Crippen molar-refractivity contribution in [3.8, 4) is 0 Å². The van der Waals surface area contributed by atoms with Gasteiger partial charge in [-0.05, 0) is 12.8 Å². The lowest BCUT2D eigenvalue weighted by Crippen LogP contribution is -2.46. The number of rotatable bonds is 6. The van der Waals surface area contributed by atoms with Crippen molar-refractivity contribution in [1.82, 2.24) is 10.2 Å². The fraction of sp³-hybridized carbons (Fsp3) is 0.833. The molecule has 1 aliphatic rings. The van der Waals surface area contributed by atoms with Crippen LogP contribution in [0.3, 0.4) is 0 Å². The number of carboxylic acid groups (broad SMARTS) is 1. The minimum absolute atomic E-state index is 0.0142. The summed E-state index contributed by atoms with van der Waals surface area (Å²) in [6.07, 6.45) is 2.59. The third-order valence-electron chi connectivity index (χ3n) is 2.87. The van der Waals surface area contributed by atoms with Gasteiger partial charge in [-0.15, -0.1) is 0 Å². The van der Waals surface area contributed by atoms with Gasteiger partial charge in [0.05, 0.1) is 0 Å². The number of urea groups is 1. The van der Waals surface area contributed by atoms with Crippen molar-refractivity contribution >= 4 is 23.8 Å². The van der Waals surface area contributed by atoms with E-state index in [0.717, 1.165) is 31.7 Å². The molecule has 0 bridgehead atoms. The number of carbonyl (C=O) groups excluding carboxylic acids is 1. The summed E-state index contributed by atoms with van der Waals surface area (Å²) in [6.45, 7) is 4.40. The first-order valence-corrected chi connectivity index (χ1v) is 7.50. The largest absolute Gasteiger partial charge is 0.481 e. The zero-order valence-electron chi connectivity index (χ0n) is 10.9. The molecule has 0 aromatic carbocycles. The molecular formula is C12H22N2O3S. The van der Waals surface area contributed by atoms with E-state index < -0.39 is 5.97 Å². The van der Waals surface area contributed by atoms with E-state index in [1.54, 1.807) is 0 Å². The highest BCUT2D eigenvalue weighted by molar-refractivity contribution is 7.99. The summed E-state index contributed by atoms with van der Waals surface area (Å²) >= 11 is 1.90. The number of thioether (sulfide) groups is 1. The molecule has 2 amide bonds. The molecular weight excluding hydrogens is 252 g/mol. The number of amides is 2. The van der Waals surface area contributed by atoms with Crippen LogP contribution in [0.1, 0.15) is 32.6 Å². The molecule has 2 N–H and O–H groups in total. The molecule has 6 heteroatoms. The summed E-state index contributed by atoms with van der Waals surface area (Å²) < 4.78 is 0. The zero-order chi connectivity index (χ0) is 13.4. The van der Waals surface area contributed by atoms with Crippen LogP contribution < -0.4 is 5.32 Å². The standard InChI is InChI=1S/C12H22N2O3S/c1-10-9-14(7-8-18-10)12(17)13-6-4-2-3-5-11(15)16/h10H,2-9H2,1H3,(H,13,17)(H,15,16). The monoisotopic (exact) mass is 274 g/mol. The van der Waals surface area contributed by atoms with Crippen LogP contribution in [-0.4, -0.2) is 52.6 Å². The number of nitrogens with zero attached hydrogens (tertiary/aromatic N) is 1. The van der Waals surface area contributed by atoms with E-state index >= 15 is 0 Å². The maximum Gasteiger partial charge on any atom is 0.317 e. The fourth-order valence-electron chi connectivity index (χ4n) is 1.89. The van der Waals surface area contributed by atoms with Gasteiger partial charge in [-0.1, -0.05) is 13.3 Å². The molecule has 1 heterocycles. The van der Waals surface area contributed by atoms with Crippen molar-refractivity contribution in [3.63, 3.8) is 0 Å². The van der Waals surface area contributed by atoms with Crippen LogP contribution in [0.2, 0.25) is 0 Å². The van der Waals surface area contributed by atoms with Crippen LogP contribution in [0.25, 0.3) is 0 Å². The molecule has 1 rings (SSSR count). The van der Waals surface area contributed by atoms with Crippen molar-refractivity contribution in [2.75, 3.05) is 25.4 Å². The Kier molecular flexibility index (Phi) is 6.93. The predicted molar refractivity (Wildman–Crippen MR) is 73.0 cm³/mol. The molecule has 1 fully saturated rings. The van der Waals surface area contributed by atoms with Gasteiger partial charge in [0.2, 0.25) is 0 Å². The molecule has 1 unspecified atom stereocenters. The molecule has 5 nitrogen and oxygen atoms in total. The van der Waals surface area contributed by atoms with Crippen LogP contribution in [-0.2, 0) is 4.79 Å². The van der Waals surface area contributed by atoms with Crippen molar-refractivity contribution in [1.29, 1.82) is 0 Å². The minimum Gasteiger partial charge on any atom is -0.481 e. The number of carboxylic acids is 1. The van der Waals surface area contributed by atoms with Crippen molar-refractivity contribution in [3.05, 3.63) is 0 Å². The van der Waals surface area contributed by atoms with Gasteiger partial charge in [0.15, 0.2) is 0 Å². The molecule has 1 aliphatic heterocycles. The number of hydrogen-bond donors (Lipinski definition) is 2. The quantitative estimate of drug-likeness (QED) is 0.724. The van der Waals surface area contributed by atoms with E-state index in [0.29, 0.717) is 18.2 Å². The molecule has 0 saturated carbocycles. The van der Waals surface area contributed by atoms with E-state index in [9.17, 15) is 9.59 Å². The van der Waals surface area contributed by atoms with E-state index in [1.807, 2.05) is 16.7 Å². The third kappa shape index (κ3) is 6.14. The van der Waals surface area contributed by atoms with E-state index in [2.05, 4.69) is 12.2 Å². The highest BCUT2D eigenvalue weighted by atomic mass is 32.2. The second kappa shape index (κ2) is 8.24. The number of nitrogens with one attached hydrogen (secondary N) is 1. The first-order valence-electron chi connectivity index (χ1n) is 6.46. The molecule has 0 aromatic rings. The van der Waals surface area contributed by atoms with Crippen LogP contribution >= 0.6 is 11.8 Å². The highest BCUT2D eigenvalue weighted by Crippen LogP contribution is 2.17. The van der Waals surface area contributed by atoms with Crippen molar-refractivity contribution in [2.45, 2.75) is 37.9 Å². The van der Waals surface area contributed by atoms with Gasteiger partial charge in [0.25, 0.3) is 0 Å². The Morgan fingerprint density at radius 1 is 1.39 bits per heavy atom. The Hall–Kier alpha value is -0.910. The Labute approximate surface area is 112 Å². The molecule has 0 radical (unpaired) electrons. The Morgan fingerprint density at radius 2 is 2.17 bits per heavy atom. The maximum absolute atomic E-state index is 11.8. The first-order chi connectivity index (χ1) is 8.59. The lowest BCUT2D eigenvalue weighted by atomic mass is 10.2. The Morgan fingerprint density at radius 3 is 2.83 bits per heavy atom. The van der Waals surface area contributed by atoms with Gasteiger partial charge >= 0.3 is 12.0 Å². The van der Waals surface area contributed by atoms with Gasteiger partial charge in [0, 0.05) is 37.1 Å². The molecule has 1 atom stereocenters. The second-order valence-corrected chi connectivity index (χ2v) is 6.11. The number of hydrogen-bond acceptors (Lipinski definition) is 3. The zero-order valence-corrected chi connectivity index (χ0v) is 11.7. The average molecular weight is 274 g/mol. The van der Waals surface area contributed by atoms with Gasteiger partial charge in [-0.25, -0.2) is 4.79 Å².